The van der Waals surface area contributed by atoms with Crippen molar-refractivity contribution < 1.29 is 19.0 Å². The van der Waals surface area contributed by atoms with Gasteiger partial charge in [-0.3, -0.25) is 4.79 Å². The van der Waals surface area contributed by atoms with E-state index >= 15 is 0 Å². The van der Waals surface area contributed by atoms with Gasteiger partial charge in [0.05, 0.1) is 13.7 Å². The first-order chi connectivity index (χ1) is 14.5. The van der Waals surface area contributed by atoms with Crippen LogP contribution in [0.3, 0.4) is 0 Å². The molecule has 0 bridgehead atoms. The van der Waals surface area contributed by atoms with Gasteiger partial charge < -0.3 is 24.0 Å². The lowest BCUT2D eigenvalue weighted by Gasteiger charge is -2.25. The molecule has 0 spiro atoms. The van der Waals surface area contributed by atoms with Crippen molar-refractivity contribution in [2.24, 2.45) is 0 Å². The van der Waals surface area contributed by atoms with Crippen molar-refractivity contribution in [2.75, 3.05) is 47.5 Å². The fraction of sp³-hybridized carbons (Fsp3) is 0.458. The van der Waals surface area contributed by atoms with Crippen molar-refractivity contribution in [1.82, 2.24) is 9.80 Å². The number of methoxy groups -OCH3 is 1. The Labute approximate surface area is 192 Å². The maximum atomic E-state index is 12.9. The third-order valence-electron chi connectivity index (χ3n) is 4.68. The average molecular weight is 451 g/mol. The number of carbonyl (C=O) groups is 1. The fourth-order valence-corrected chi connectivity index (χ4v) is 2.85. The molecule has 0 saturated carbocycles. The molecule has 1 amide bonds. The van der Waals surface area contributed by atoms with Crippen LogP contribution in [0.5, 0.6) is 17.2 Å². The summed E-state index contributed by atoms with van der Waals surface area (Å²) < 4.78 is 16.8. The van der Waals surface area contributed by atoms with Crippen LogP contribution in [0.1, 0.15) is 25.3 Å². The Morgan fingerprint density at radius 3 is 2.19 bits per heavy atom. The number of hydrogen-bond acceptors (Lipinski definition) is 5. The monoisotopic (exact) mass is 450 g/mol. The second kappa shape index (κ2) is 14.5. The van der Waals surface area contributed by atoms with E-state index in [1.165, 1.54) is 0 Å². The van der Waals surface area contributed by atoms with Crippen LogP contribution in [-0.2, 0) is 11.3 Å². The summed E-state index contributed by atoms with van der Waals surface area (Å²) in [7, 11) is 5.63. The molecule has 0 unspecified atom stereocenters. The van der Waals surface area contributed by atoms with Gasteiger partial charge in [-0.1, -0.05) is 31.5 Å². The highest BCUT2D eigenvalue weighted by Crippen LogP contribution is 2.20. The van der Waals surface area contributed by atoms with Gasteiger partial charge in [0, 0.05) is 25.2 Å². The molecule has 2 rings (SSSR count). The molecule has 6 nitrogen and oxygen atoms in total. The third kappa shape index (κ3) is 9.49. The normalized spacial score (nSPS) is 10.4. The zero-order chi connectivity index (χ0) is 21.8. The first kappa shape index (κ1) is 26.6. The predicted molar refractivity (Wildman–Crippen MR) is 127 cm³/mol. The molecule has 0 radical (unpaired) electrons. The summed E-state index contributed by atoms with van der Waals surface area (Å²) in [5.41, 5.74) is 0.973. The maximum Gasteiger partial charge on any atom is 0.260 e. The number of carbonyl (C=O) groups excluding carboxylic acids is 1. The number of halogens is 1. The average Bonchev–Trinajstić information content (AvgIpc) is 2.76. The molecule has 172 valence electrons. The Bertz CT molecular complexity index is 768. The van der Waals surface area contributed by atoms with Crippen LogP contribution < -0.4 is 14.2 Å². The predicted octanol–water partition coefficient (Wildman–Crippen LogP) is 4.27. The van der Waals surface area contributed by atoms with Gasteiger partial charge in [-0.15, -0.1) is 12.4 Å². The number of hydrogen-bond donors (Lipinski definition) is 0. The van der Waals surface area contributed by atoms with Crippen molar-refractivity contribution in [3.05, 3.63) is 54.1 Å². The van der Waals surface area contributed by atoms with E-state index in [1.807, 2.05) is 62.6 Å². The number of amides is 1. The summed E-state index contributed by atoms with van der Waals surface area (Å²) in [6.07, 6.45) is 2.13. The van der Waals surface area contributed by atoms with Crippen LogP contribution in [0.2, 0.25) is 0 Å². The van der Waals surface area contributed by atoms with Crippen LogP contribution in [-0.4, -0.2) is 63.2 Å². The fourth-order valence-electron chi connectivity index (χ4n) is 2.85. The quantitative estimate of drug-likeness (QED) is 0.427. The van der Waals surface area contributed by atoms with Crippen LogP contribution in [0, 0.1) is 0 Å². The number of rotatable bonds is 13. The van der Waals surface area contributed by atoms with E-state index in [0.29, 0.717) is 25.4 Å². The topological polar surface area (TPSA) is 51.2 Å². The van der Waals surface area contributed by atoms with Crippen LogP contribution >= 0.6 is 12.4 Å². The molecule has 2 aromatic rings. The van der Waals surface area contributed by atoms with Gasteiger partial charge in [0.2, 0.25) is 0 Å². The molecule has 0 N–H and O–H groups in total. The molecule has 0 saturated heterocycles. The highest BCUT2D eigenvalue weighted by atomic mass is 35.5. The van der Waals surface area contributed by atoms with Gasteiger partial charge >= 0.3 is 0 Å². The summed E-state index contributed by atoms with van der Waals surface area (Å²) in [6, 6.07) is 15.2. The highest BCUT2D eigenvalue weighted by Gasteiger charge is 2.17. The number of nitrogens with zero attached hydrogens (tertiary/aromatic N) is 2. The zero-order valence-corrected chi connectivity index (χ0v) is 19.8. The maximum absolute atomic E-state index is 12.9. The lowest BCUT2D eigenvalue weighted by atomic mass is 10.2. The van der Waals surface area contributed by atoms with Crippen molar-refractivity contribution in [3.8, 4) is 17.2 Å². The van der Waals surface area contributed by atoms with Crippen LogP contribution in [0.25, 0.3) is 0 Å². The Morgan fingerprint density at radius 2 is 1.58 bits per heavy atom. The molecule has 2 aromatic carbocycles. The van der Waals surface area contributed by atoms with E-state index in [9.17, 15) is 4.79 Å². The lowest BCUT2D eigenvalue weighted by Crippen LogP contribution is -2.39. The van der Waals surface area contributed by atoms with Gasteiger partial charge in [-0.25, -0.2) is 0 Å². The summed E-state index contributed by atoms with van der Waals surface area (Å²) in [4.78, 5) is 16.8. The number of para-hydroxylation sites is 1. The molecule has 0 atom stereocenters. The summed E-state index contributed by atoms with van der Waals surface area (Å²) in [5.74, 6) is 2.17. The van der Waals surface area contributed by atoms with Crippen LogP contribution in [0.15, 0.2) is 48.5 Å². The van der Waals surface area contributed by atoms with E-state index in [4.69, 9.17) is 14.2 Å². The Morgan fingerprint density at radius 1 is 0.935 bits per heavy atom. The molecular formula is C24H35ClN2O4. The van der Waals surface area contributed by atoms with E-state index in [1.54, 1.807) is 12.0 Å². The molecule has 0 aliphatic heterocycles. The van der Waals surface area contributed by atoms with Gasteiger partial charge in [0.1, 0.15) is 17.2 Å². The van der Waals surface area contributed by atoms with Gasteiger partial charge in [-0.05, 0) is 50.8 Å². The molecule has 0 aliphatic carbocycles. The SMILES string of the molecule is CCCCOc1ccc(OCC(=O)N(CCN(C)C)Cc2ccccc2OC)cc1.Cl. The van der Waals surface area contributed by atoms with Gasteiger partial charge in [-0.2, -0.15) is 0 Å². The van der Waals surface area contributed by atoms with Crippen molar-refractivity contribution >= 4 is 18.3 Å². The second-order valence-corrected chi connectivity index (χ2v) is 7.39. The van der Waals surface area contributed by atoms with E-state index in [0.717, 1.165) is 36.4 Å². The molecule has 0 heterocycles. The first-order valence-corrected chi connectivity index (χ1v) is 10.4. The second-order valence-electron chi connectivity index (χ2n) is 7.39. The summed E-state index contributed by atoms with van der Waals surface area (Å²) >= 11 is 0. The molecule has 0 fully saturated rings. The smallest absolute Gasteiger partial charge is 0.260 e. The molecule has 7 heteroatoms. The van der Waals surface area contributed by atoms with Gasteiger partial charge in [0.25, 0.3) is 5.91 Å². The third-order valence-corrected chi connectivity index (χ3v) is 4.68. The Kier molecular flexibility index (Phi) is 12.5. The summed E-state index contributed by atoms with van der Waals surface area (Å²) in [5, 5.41) is 0. The van der Waals surface area contributed by atoms with Crippen molar-refractivity contribution in [1.29, 1.82) is 0 Å². The highest BCUT2D eigenvalue weighted by molar-refractivity contribution is 5.85. The van der Waals surface area contributed by atoms with Crippen molar-refractivity contribution in [2.45, 2.75) is 26.3 Å². The van der Waals surface area contributed by atoms with E-state index in [2.05, 4.69) is 11.8 Å². The number of likely N-dealkylation sites (N-methyl/N-ethyl adjacent to an activating group) is 1. The summed E-state index contributed by atoms with van der Waals surface area (Å²) in [6.45, 7) is 4.68. The zero-order valence-electron chi connectivity index (χ0n) is 19.0. The number of ether oxygens (including phenoxy) is 3. The molecule has 0 aliphatic rings. The minimum Gasteiger partial charge on any atom is -0.496 e. The van der Waals surface area contributed by atoms with Crippen molar-refractivity contribution in [3.63, 3.8) is 0 Å². The number of unbranched alkanes of at least 4 members (excludes halogenated alkanes) is 1. The minimum absolute atomic E-state index is 0. The first-order valence-electron chi connectivity index (χ1n) is 10.4. The van der Waals surface area contributed by atoms with E-state index < -0.39 is 0 Å². The lowest BCUT2D eigenvalue weighted by molar-refractivity contribution is -0.134. The minimum atomic E-state index is -0.0639. The largest absolute Gasteiger partial charge is 0.496 e. The molecular weight excluding hydrogens is 416 g/mol. The molecule has 31 heavy (non-hydrogen) atoms. The Balaban J connectivity index is 0.00000480. The van der Waals surface area contributed by atoms with Gasteiger partial charge in [0.15, 0.2) is 6.61 Å². The van der Waals surface area contributed by atoms with E-state index in [-0.39, 0.29) is 24.9 Å². The standard InChI is InChI=1S/C24H34N2O4.ClH/c1-5-6-17-29-21-11-13-22(14-12-21)30-19-24(27)26(16-15-25(2)3)18-20-9-7-8-10-23(20)28-4;/h7-14H,5-6,15-19H2,1-4H3;1H. The number of benzene rings is 2. The Hall–Kier alpha value is -2.44. The van der Waals surface area contributed by atoms with Crippen LogP contribution in [0.4, 0.5) is 0 Å². The molecule has 0 aromatic heterocycles.